The lowest BCUT2D eigenvalue weighted by molar-refractivity contribution is 0.669. The predicted octanol–water partition coefficient (Wildman–Crippen LogP) is 12.6. The average molecular weight is 673 g/mol. The molecule has 6 heteroatoms. The highest BCUT2D eigenvalue weighted by Gasteiger charge is 2.24. The van der Waals surface area contributed by atoms with E-state index in [-0.39, 0.29) is 0 Å². The van der Waals surface area contributed by atoms with Crippen molar-refractivity contribution in [3.63, 3.8) is 0 Å². The Morgan fingerprint density at radius 2 is 1.02 bits per heavy atom. The molecule has 0 N–H and O–H groups in total. The van der Waals surface area contributed by atoms with Gasteiger partial charge >= 0.3 is 0 Å². The lowest BCUT2D eigenvalue weighted by Crippen LogP contribution is -2.10. The van der Waals surface area contributed by atoms with Crippen molar-refractivity contribution in [2.45, 2.75) is 0 Å². The van der Waals surface area contributed by atoms with Gasteiger partial charge < -0.3 is 9.32 Å². The number of hydrogen-bond acceptors (Lipinski definition) is 6. The smallest absolute Gasteiger partial charge is 0.164 e. The molecule has 5 nitrogen and oxygen atoms in total. The molecule has 0 fully saturated rings. The highest BCUT2D eigenvalue weighted by atomic mass is 32.1. The summed E-state index contributed by atoms with van der Waals surface area (Å²) in [7, 11) is 0. The largest absolute Gasteiger partial charge is 0.456 e. The molecule has 0 aliphatic heterocycles. The molecule has 3 heterocycles. The van der Waals surface area contributed by atoms with Crippen LogP contribution < -0.4 is 4.90 Å². The van der Waals surface area contributed by atoms with Gasteiger partial charge in [-0.05, 0) is 42.5 Å². The zero-order valence-electron chi connectivity index (χ0n) is 27.3. The summed E-state index contributed by atoms with van der Waals surface area (Å²) in [6.07, 6.45) is 0. The summed E-state index contributed by atoms with van der Waals surface area (Å²) in [4.78, 5) is 17.7. The third kappa shape index (κ3) is 5.04. The molecule has 0 aliphatic rings. The Balaban J connectivity index is 1.30. The Labute approximate surface area is 297 Å². The molecule has 240 valence electrons. The Bertz CT molecular complexity index is 2810. The van der Waals surface area contributed by atoms with Gasteiger partial charge in [0.05, 0.1) is 11.4 Å². The van der Waals surface area contributed by atoms with E-state index in [1.807, 2.05) is 90.2 Å². The summed E-state index contributed by atoms with van der Waals surface area (Å²) in [6, 6.07) is 58.5. The fourth-order valence-corrected chi connectivity index (χ4v) is 8.15. The third-order valence-corrected chi connectivity index (χ3v) is 10.4. The van der Waals surface area contributed by atoms with Crippen molar-refractivity contribution >= 4 is 70.5 Å². The van der Waals surface area contributed by atoms with Crippen molar-refractivity contribution in [2.24, 2.45) is 0 Å². The van der Waals surface area contributed by atoms with Crippen LogP contribution in [0.15, 0.2) is 174 Å². The van der Waals surface area contributed by atoms with Crippen LogP contribution in [0, 0.1) is 0 Å². The second kappa shape index (κ2) is 12.1. The van der Waals surface area contributed by atoms with Crippen LogP contribution in [0.5, 0.6) is 0 Å². The lowest BCUT2D eigenvalue weighted by atomic mass is 10.0. The van der Waals surface area contributed by atoms with Gasteiger partial charge in [0.1, 0.15) is 11.2 Å². The fraction of sp³-hybridized carbons (Fsp3) is 0. The first kappa shape index (κ1) is 29.3. The summed E-state index contributed by atoms with van der Waals surface area (Å²) in [5, 5.41) is 4.42. The summed E-state index contributed by atoms with van der Waals surface area (Å²) >= 11 is 1.82. The fourth-order valence-electron chi connectivity index (χ4n) is 7.02. The molecule has 0 spiro atoms. The number of furan rings is 1. The second-order valence-corrected chi connectivity index (χ2v) is 13.5. The van der Waals surface area contributed by atoms with Crippen molar-refractivity contribution in [3.8, 4) is 34.2 Å². The first-order valence-electron chi connectivity index (χ1n) is 16.9. The van der Waals surface area contributed by atoms with Gasteiger partial charge in [0.15, 0.2) is 17.5 Å². The molecular weight excluding hydrogens is 645 g/mol. The van der Waals surface area contributed by atoms with E-state index in [1.165, 1.54) is 20.2 Å². The number of fused-ring (bicyclic) bond motifs is 6. The molecule has 10 rings (SSSR count). The molecule has 10 aromatic rings. The normalized spacial score (nSPS) is 11.5. The topological polar surface area (TPSA) is 55.1 Å². The Morgan fingerprint density at radius 3 is 1.75 bits per heavy atom. The van der Waals surface area contributed by atoms with E-state index in [4.69, 9.17) is 19.4 Å². The molecule has 0 saturated heterocycles. The Hall–Kier alpha value is -6.63. The number of rotatable bonds is 6. The van der Waals surface area contributed by atoms with Gasteiger partial charge in [-0.15, -0.1) is 11.3 Å². The summed E-state index contributed by atoms with van der Waals surface area (Å²) < 4.78 is 9.15. The molecule has 0 aliphatic carbocycles. The van der Waals surface area contributed by atoms with Gasteiger partial charge in [-0.1, -0.05) is 121 Å². The molecule has 0 unspecified atom stereocenters. The third-order valence-electron chi connectivity index (χ3n) is 9.30. The molecule has 0 saturated carbocycles. The van der Waals surface area contributed by atoms with E-state index < -0.39 is 0 Å². The second-order valence-electron chi connectivity index (χ2n) is 12.4. The molecule has 51 heavy (non-hydrogen) atoms. The number of hydrogen-bond donors (Lipinski definition) is 0. The monoisotopic (exact) mass is 672 g/mol. The SMILES string of the molecule is c1ccc(-c2nc(-c3ccccc3)nc(-c3cc(N(c4ccccc4)c4cccc5sc6ccccc6c45)cc4oc5ccccc5c34)n2)cc1. The minimum atomic E-state index is 0.577. The predicted molar refractivity (Wildman–Crippen MR) is 211 cm³/mol. The number of benzene rings is 7. The summed E-state index contributed by atoms with van der Waals surface area (Å²) in [5.74, 6) is 1.80. The van der Waals surface area contributed by atoms with Gasteiger partial charge in [0.2, 0.25) is 0 Å². The zero-order chi connectivity index (χ0) is 33.7. The number of nitrogens with zero attached hydrogens (tertiary/aromatic N) is 4. The van der Waals surface area contributed by atoms with Crippen LogP contribution in [-0.4, -0.2) is 15.0 Å². The van der Waals surface area contributed by atoms with Crippen molar-refractivity contribution in [1.29, 1.82) is 0 Å². The van der Waals surface area contributed by atoms with E-state index in [1.54, 1.807) is 0 Å². The van der Waals surface area contributed by atoms with E-state index in [2.05, 4.69) is 95.9 Å². The standard InChI is InChI=1S/C45H28N4OS/c1-4-15-29(16-5-1)43-46-44(30-17-6-2-7-18-30)48-45(47-43)35-27-32(28-38-41(35)33-21-10-12-24-37(33)50-38)49(31-19-8-3-9-20-31)36-23-14-26-40-42(36)34-22-11-13-25-39(34)51-40/h1-28H. The number of para-hydroxylation sites is 2. The molecule has 0 amide bonds. The highest BCUT2D eigenvalue weighted by Crippen LogP contribution is 2.47. The van der Waals surface area contributed by atoms with Crippen LogP contribution in [0.4, 0.5) is 17.1 Å². The van der Waals surface area contributed by atoms with Gasteiger partial charge in [-0.25, -0.2) is 15.0 Å². The zero-order valence-corrected chi connectivity index (χ0v) is 28.1. The average Bonchev–Trinajstić information content (AvgIpc) is 3.78. The number of anilines is 3. The highest BCUT2D eigenvalue weighted by molar-refractivity contribution is 7.26. The van der Waals surface area contributed by atoms with E-state index in [0.29, 0.717) is 17.5 Å². The van der Waals surface area contributed by atoms with E-state index in [0.717, 1.165) is 55.7 Å². The van der Waals surface area contributed by atoms with Gasteiger partial charge in [0, 0.05) is 59.4 Å². The number of aromatic nitrogens is 3. The maximum atomic E-state index is 6.65. The van der Waals surface area contributed by atoms with Crippen molar-refractivity contribution in [3.05, 3.63) is 170 Å². The summed E-state index contributed by atoms with van der Waals surface area (Å²) in [5.41, 5.74) is 7.34. The first-order valence-corrected chi connectivity index (χ1v) is 17.7. The van der Waals surface area contributed by atoms with Crippen molar-refractivity contribution in [2.75, 3.05) is 4.90 Å². The van der Waals surface area contributed by atoms with Crippen LogP contribution in [0.2, 0.25) is 0 Å². The Kier molecular flexibility index (Phi) is 6.93. The van der Waals surface area contributed by atoms with E-state index >= 15 is 0 Å². The van der Waals surface area contributed by atoms with Crippen molar-refractivity contribution < 1.29 is 4.42 Å². The van der Waals surface area contributed by atoms with Crippen molar-refractivity contribution in [1.82, 2.24) is 15.0 Å². The number of thiophene rings is 1. The molecule has 7 aromatic carbocycles. The molecule has 0 radical (unpaired) electrons. The van der Waals surface area contributed by atoms with Crippen LogP contribution in [-0.2, 0) is 0 Å². The summed E-state index contributed by atoms with van der Waals surface area (Å²) in [6.45, 7) is 0. The van der Waals surface area contributed by atoms with Crippen LogP contribution in [0.1, 0.15) is 0 Å². The van der Waals surface area contributed by atoms with E-state index in [9.17, 15) is 0 Å². The first-order chi connectivity index (χ1) is 25.3. The van der Waals surface area contributed by atoms with Gasteiger partial charge in [-0.3, -0.25) is 0 Å². The van der Waals surface area contributed by atoms with Gasteiger partial charge in [0.25, 0.3) is 0 Å². The maximum Gasteiger partial charge on any atom is 0.164 e. The maximum absolute atomic E-state index is 6.65. The molecule has 0 atom stereocenters. The van der Waals surface area contributed by atoms with Gasteiger partial charge in [-0.2, -0.15) is 0 Å². The van der Waals surface area contributed by atoms with Crippen LogP contribution in [0.25, 0.3) is 76.3 Å². The minimum absolute atomic E-state index is 0.577. The Morgan fingerprint density at radius 1 is 0.431 bits per heavy atom. The quantitative estimate of drug-likeness (QED) is 0.176. The lowest BCUT2D eigenvalue weighted by Gasteiger charge is -2.27. The molecular formula is C45H28N4OS. The molecule has 0 bridgehead atoms. The van der Waals surface area contributed by atoms with Crippen LogP contribution >= 0.6 is 11.3 Å². The van der Waals surface area contributed by atoms with Crippen LogP contribution in [0.3, 0.4) is 0 Å². The minimum Gasteiger partial charge on any atom is -0.456 e. The molecule has 3 aromatic heterocycles.